The molecular weight excluding hydrogens is 426 g/mol. The Morgan fingerprint density at radius 3 is 2.50 bits per heavy atom. The fourth-order valence-electron chi connectivity index (χ4n) is 4.77. The van der Waals surface area contributed by atoms with Crippen molar-refractivity contribution in [3.05, 3.63) is 35.7 Å². The first-order chi connectivity index (χ1) is 15.1. The van der Waals surface area contributed by atoms with Gasteiger partial charge in [0.05, 0.1) is 5.69 Å². The van der Waals surface area contributed by atoms with Gasteiger partial charge in [0.2, 0.25) is 0 Å². The number of benzene rings is 1. The van der Waals surface area contributed by atoms with Crippen LogP contribution in [0, 0.1) is 0 Å². The van der Waals surface area contributed by atoms with Gasteiger partial charge in [0.15, 0.2) is 18.1 Å². The van der Waals surface area contributed by atoms with Crippen LogP contribution in [0.25, 0.3) is 0 Å². The molecule has 11 heteroatoms. The zero-order valence-corrected chi connectivity index (χ0v) is 17.5. The first kappa shape index (κ1) is 20.5. The van der Waals surface area contributed by atoms with E-state index >= 15 is 0 Å². The van der Waals surface area contributed by atoms with E-state index in [1.54, 1.807) is 17.8 Å². The summed E-state index contributed by atoms with van der Waals surface area (Å²) in [7, 11) is 1.74. The van der Waals surface area contributed by atoms with Crippen LogP contribution in [0.2, 0.25) is 0 Å². The lowest BCUT2D eigenvalue weighted by molar-refractivity contribution is -0.286. The highest BCUT2D eigenvalue weighted by Gasteiger charge is 2.69. The molecule has 32 heavy (non-hydrogen) atoms. The number of amides is 2. The Kier molecular flexibility index (Phi) is 4.37. The summed E-state index contributed by atoms with van der Waals surface area (Å²) in [5.74, 6) is -0.526. The number of fused-ring (bicyclic) bond motifs is 1. The Balaban J connectivity index is 1.09. The van der Waals surface area contributed by atoms with Gasteiger partial charge in [0.25, 0.3) is 11.8 Å². The fourth-order valence-corrected chi connectivity index (χ4v) is 4.77. The van der Waals surface area contributed by atoms with Crippen LogP contribution in [0.5, 0.6) is 17.2 Å². The zero-order chi connectivity index (χ0) is 22.7. The largest absolute Gasteiger partial charge is 0.586 e. The number of nitrogens with one attached hydrogen (secondary N) is 2. The Morgan fingerprint density at radius 2 is 1.81 bits per heavy atom. The number of hydrogen-bond acceptors (Lipinski definition) is 6. The van der Waals surface area contributed by atoms with E-state index in [2.05, 4.69) is 25.2 Å². The average Bonchev–Trinajstić information content (AvgIpc) is 3.20. The summed E-state index contributed by atoms with van der Waals surface area (Å²) in [5.41, 5.74) is 0.727. The van der Waals surface area contributed by atoms with Crippen LogP contribution >= 0.6 is 0 Å². The highest BCUT2D eigenvalue weighted by molar-refractivity contribution is 5.93. The molecule has 0 saturated heterocycles. The van der Waals surface area contributed by atoms with Gasteiger partial charge in [-0.25, -0.2) is 0 Å². The summed E-state index contributed by atoms with van der Waals surface area (Å²) >= 11 is 0. The average molecular weight is 448 g/mol. The maximum absolute atomic E-state index is 13.1. The standard InChI is InChI=1S/C21H22F2N4O5/c1-3-12-6-14(27(2)26-12)18(29)25-20-9-19(10-20,11-20)24-17(28)8-30-13-4-5-15-16(7-13)32-21(22,23)31-15/h4-7H,3,8-11H2,1-2H3,(H,24,28)(H,25,29). The number of rotatable bonds is 7. The van der Waals surface area contributed by atoms with Gasteiger partial charge in [-0.3, -0.25) is 14.3 Å². The molecule has 9 nitrogen and oxygen atoms in total. The molecule has 2 aromatic rings. The van der Waals surface area contributed by atoms with Crippen LogP contribution in [0.3, 0.4) is 0 Å². The molecule has 170 valence electrons. The lowest BCUT2D eigenvalue weighted by atomic mass is 9.44. The van der Waals surface area contributed by atoms with Crippen molar-refractivity contribution in [1.82, 2.24) is 20.4 Å². The molecular formula is C21H22F2N4O5. The van der Waals surface area contributed by atoms with Crippen LogP contribution in [-0.2, 0) is 18.3 Å². The quantitative estimate of drug-likeness (QED) is 0.671. The third-order valence-electron chi connectivity index (χ3n) is 6.08. The minimum absolute atomic E-state index is 0.0925. The summed E-state index contributed by atoms with van der Waals surface area (Å²) in [5, 5.41) is 10.3. The maximum Gasteiger partial charge on any atom is 0.586 e. The van der Waals surface area contributed by atoms with E-state index < -0.39 is 6.29 Å². The number of carbonyl (C=O) groups is 2. The summed E-state index contributed by atoms with van der Waals surface area (Å²) in [6.07, 6.45) is -1.01. The van der Waals surface area contributed by atoms with Crippen molar-refractivity contribution < 1.29 is 32.6 Å². The second-order valence-electron chi connectivity index (χ2n) is 8.66. The van der Waals surface area contributed by atoms with Crippen LogP contribution in [0.1, 0.15) is 42.4 Å². The van der Waals surface area contributed by atoms with Crippen molar-refractivity contribution in [2.24, 2.45) is 7.05 Å². The van der Waals surface area contributed by atoms with Gasteiger partial charge in [0, 0.05) is 24.2 Å². The highest BCUT2D eigenvalue weighted by Crippen LogP contribution is 2.60. The van der Waals surface area contributed by atoms with Crippen molar-refractivity contribution in [2.75, 3.05) is 6.61 Å². The molecule has 3 aliphatic carbocycles. The minimum atomic E-state index is -3.71. The van der Waals surface area contributed by atoms with Crippen molar-refractivity contribution >= 4 is 11.8 Å². The number of carbonyl (C=O) groups excluding carboxylic acids is 2. The molecule has 2 amide bonds. The molecule has 3 saturated carbocycles. The molecule has 1 aliphatic heterocycles. The molecule has 4 aliphatic rings. The molecule has 1 aromatic carbocycles. The Morgan fingerprint density at radius 1 is 1.12 bits per heavy atom. The second kappa shape index (κ2) is 6.81. The van der Waals surface area contributed by atoms with Crippen LogP contribution in [0.4, 0.5) is 8.78 Å². The zero-order valence-electron chi connectivity index (χ0n) is 17.5. The third-order valence-corrected chi connectivity index (χ3v) is 6.08. The van der Waals surface area contributed by atoms with Crippen molar-refractivity contribution in [3.63, 3.8) is 0 Å². The predicted molar refractivity (Wildman–Crippen MR) is 106 cm³/mol. The minimum Gasteiger partial charge on any atom is -0.484 e. The number of alkyl halides is 2. The van der Waals surface area contributed by atoms with Gasteiger partial charge >= 0.3 is 6.29 Å². The summed E-state index contributed by atoms with van der Waals surface area (Å²) < 4.78 is 41.8. The summed E-state index contributed by atoms with van der Waals surface area (Å²) in [6.45, 7) is 1.71. The van der Waals surface area contributed by atoms with Gasteiger partial charge < -0.3 is 24.8 Å². The predicted octanol–water partition coefficient (Wildman–Crippen LogP) is 1.90. The molecule has 0 spiro atoms. The van der Waals surface area contributed by atoms with Crippen LogP contribution < -0.4 is 24.8 Å². The number of ether oxygens (including phenoxy) is 3. The van der Waals surface area contributed by atoms with E-state index in [0.717, 1.165) is 12.1 Å². The smallest absolute Gasteiger partial charge is 0.484 e. The monoisotopic (exact) mass is 448 g/mol. The van der Waals surface area contributed by atoms with Crippen molar-refractivity contribution in [2.45, 2.75) is 50.0 Å². The molecule has 2 bridgehead atoms. The van der Waals surface area contributed by atoms with E-state index in [4.69, 9.17) is 4.74 Å². The van der Waals surface area contributed by atoms with Crippen LogP contribution in [-0.4, -0.2) is 45.6 Å². The van der Waals surface area contributed by atoms with Crippen molar-refractivity contribution in [1.29, 1.82) is 0 Å². The van der Waals surface area contributed by atoms with E-state index in [1.165, 1.54) is 18.2 Å². The summed E-state index contributed by atoms with van der Waals surface area (Å²) in [4.78, 5) is 24.9. The number of hydrogen-bond donors (Lipinski definition) is 2. The Bertz CT molecular complexity index is 1100. The normalized spacial score (nSPS) is 26.0. The van der Waals surface area contributed by atoms with E-state index in [0.29, 0.717) is 25.0 Å². The molecule has 3 fully saturated rings. The van der Waals surface area contributed by atoms with Crippen LogP contribution in [0.15, 0.2) is 24.3 Å². The SMILES string of the molecule is CCc1cc(C(=O)NC23CC(NC(=O)COc4ccc5c(c4)OC(F)(F)O5)(C2)C3)n(C)n1. The molecule has 2 N–H and O–H groups in total. The lowest BCUT2D eigenvalue weighted by Crippen LogP contribution is -2.84. The van der Waals surface area contributed by atoms with Gasteiger partial charge in [-0.15, -0.1) is 8.78 Å². The van der Waals surface area contributed by atoms with Gasteiger partial charge in [-0.05, 0) is 43.9 Å². The summed E-state index contributed by atoms with van der Waals surface area (Å²) in [6, 6.07) is 5.75. The van der Waals surface area contributed by atoms with Gasteiger partial charge in [0.1, 0.15) is 11.4 Å². The maximum atomic E-state index is 13.1. The third kappa shape index (κ3) is 3.51. The topological polar surface area (TPSA) is 104 Å². The first-order valence-corrected chi connectivity index (χ1v) is 10.3. The van der Waals surface area contributed by atoms with Gasteiger partial charge in [-0.1, -0.05) is 6.92 Å². The number of aromatic nitrogens is 2. The number of aryl methyl sites for hydroxylation is 2. The second-order valence-corrected chi connectivity index (χ2v) is 8.66. The number of halogens is 2. The number of nitrogens with zero attached hydrogens (tertiary/aromatic N) is 2. The fraction of sp³-hybridized carbons (Fsp3) is 0.476. The molecule has 0 unspecified atom stereocenters. The lowest BCUT2D eigenvalue weighted by Gasteiger charge is -2.70. The first-order valence-electron chi connectivity index (χ1n) is 10.3. The molecule has 1 aromatic heterocycles. The molecule has 0 atom stereocenters. The van der Waals surface area contributed by atoms with E-state index in [9.17, 15) is 18.4 Å². The van der Waals surface area contributed by atoms with Crippen molar-refractivity contribution in [3.8, 4) is 17.2 Å². The molecule has 0 radical (unpaired) electrons. The Hall–Kier alpha value is -3.37. The molecule has 2 heterocycles. The highest BCUT2D eigenvalue weighted by atomic mass is 19.3. The van der Waals surface area contributed by atoms with E-state index in [-0.39, 0.29) is 46.7 Å². The van der Waals surface area contributed by atoms with E-state index in [1.807, 2.05) is 6.92 Å². The Labute approximate surface area is 182 Å². The molecule has 6 rings (SSSR count). The van der Waals surface area contributed by atoms with Gasteiger partial charge in [-0.2, -0.15) is 5.10 Å².